The van der Waals surface area contributed by atoms with Gasteiger partial charge in [0.05, 0.1) is 0 Å². The minimum Gasteiger partial charge on any atom is -0.316 e. The molecule has 0 amide bonds. The molecule has 1 fully saturated rings. The van der Waals surface area contributed by atoms with Crippen LogP contribution in [0.4, 0.5) is 0 Å². The zero-order valence-corrected chi connectivity index (χ0v) is 10.3. The van der Waals surface area contributed by atoms with Gasteiger partial charge in [-0.2, -0.15) is 0 Å². The quantitative estimate of drug-likeness (QED) is 0.815. The van der Waals surface area contributed by atoms with Crippen LogP contribution in [0.25, 0.3) is 0 Å². The molecule has 0 saturated carbocycles. The van der Waals surface area contributed by atoms with Gasteiger partial charge in [-0.15, -0.1) is 0 Å². The smallest absolute Gasteiger partial charge is 0.133 e. The van der Waals surface area contributed by atoms with Crippen molar-refractivity contribution in [2.24, 2.45) is 5.92 Å². The Morgan fingerprint density at radius 3 is 2.76 bits per heavy atom. The van der Waals surface area contributed by atoms with Gasteiger partial charge in [0, 0.05) is 12.8 Å². The van der Waals surface area contributed by atoms with Crippen LogP contribution in [0.3, 0.4) is 0 Å². The van der Waals surface area contributed by atoms with Gasteiger partial charge in [0.25, 0.3) is 0 Å². The highest BCUT2D eigenvalue weighted by Crippen LogP contribution is 2.15. The highest BCUT2D eigenvalue weighted by Gasteiger charge is 2.15. The van der Waals surface area contributed by atoms with Crippen LogP contribution in [0.5, 0.6) is 0 Å². The van der Waals surface area contributed by atoms with Gasteiger partial charge in [0.15, 0.2) is 0 Å². The first-order valence-corrected chi connectivity index (χ1v) is 6.61. The van der Waals surface area contributed by atoms with Crippen molar-refractivity contribution < 1.29 is 4.79 Å². The van der Waals surface area contributed by atoms with E-state index in [1.165, 1.54) is 12.0 Å². The SMILES string of the molecule is O=C(CCc1ccccc1)CCC1CCNC1. The standard InChI is InChI=1S/C15H21NO/c17-15(9-7-14-10-11-16-12-14)8-6-13-4-2-1-3-5-13/h1-5,14,16H,6-12H2. The van der Waals surface area contributed by atoms with E-state index in [9.17, 15) is 4.79 Å². The number of nitrogens with one attached hydrogen (secondary N) is 1. The van der Waals surface area contributed by atoms with E-state index in [-0.39, 0.29) is 0 Å². The molecule has 1 atom stereocenters. The van der Waals surface area contributed by atoms with E-state index in [1.54, 1.807) is 0 Å². The summed E-state index contributed by atoms with van der Waals surface area (Å²) in [6.07, 6.45) is 4.67. The number of hydrogen-bond acceptors (Lipinski definition) is 2. The van der Waals surface area contributed by atoms with E-state index in [4.69, 9.17) is 0 Å². The lowest BCUT2D eigenvalue weighted by atomic mass is 9.98. The second-order valence-electron chi connectivity index (χ2n) is 4.92. The molecule has 1 aliphatic rings. The molecule has 17 heavy (non-hydrogen) atoms. The van der Waals surface area contributed by atoms with Gasteiger partial charge in [-0.05, 0) is 43.8 Å². The first-order chi connectivity index (χ1) is 8.34. The number of carbonyl (C=O) groups excluding carboxylic acids is 1. The Morgan fingerprint density at radius 2 is 2.06 bits per heavy atom. The lowest BCUT2D eigenvalue weighted by molar-refractivity contribution is -0.119. The van der Waals surface area contributed by atoms with Crippen LogP contribution < -0.4 is 5.32 Å². The van der Waals surface area contributed by atoms with Crippen LogP contribution in [0.15, 0.2) is 30.3 Å². The molecule has 1 aliphatic heterocycles. The Morgan fingerprint density at radius 1 is 1.24 bits per heavy atom. The number of ketones is 1. The number of rotatable bonds is 6. The fraction of sp³-hybridized carbons (Fsp3) is 0.533. The highest BCUT2D eigenvalue weighted by atomic mass is 16.1. The maximum Gasteiger partial charge on any atom is 0.133 e. The molecule has 0 radical (unpaired) electrons. The van der Waals surface area contributed by atoms with E-state index in [2.05, 4.69) is 17.4 Å². The van der Waals surface area contributed by atoms with Crippen LogP contribution in [0, 0.1) is 5.92 Å². The van der Waals surface area contributed by atoms with Gasteiger partial charge >= 0.3 is 0 Å². The van der Waals surface area contributed by atoms with Crippen LogP contribution in [-0.2, 0) is 11.2 Å². The summed E-state index contributed by atoms with van der Waals surface area (Å²) in [7, 11) is 0. The second kappa shape index (κ2) is 6.55. The van der Waals surface area contributed by atoms with Crippen LogP contribution >= 0.6 is 0 Å². The number of aryl methyl sites for hydroxylation is 1. The molecule has 2 heteroatoms. The zero-order valence-electron chi connectivity index (χ0n) is 10.3. The predicted molar refractivity (Wildman–Crippen MR) is 70.0 cm³/mol. The lowest BCUT2D eigenvalue weighted by Gasteiger charge is -2.07. The minimum absolute atomic E-state index is 0.417. The lowest BCUT2D eigenvalue weighted by Crippen LogP contribution is -2.10. The van der Waals surface area contributed by atoms with Crippen LogP contribution in [0.2, 0.25) is 0 Å². The van der Waals surface area contributed by atoms with Crippen LogP contribution in [0.1, 0.15) is 31.2 Å². The first-order valence-electron chi connectivity index (χ1n) is 6.61. The number of hydrogen-bond donors (Lipinski definition) is 1. The summed E-state index contributed by atoms with van der Waals surface area (Å²) < 4.78 is 0. The maximum atomic E-state index is 11.8. The molecule has 2 nitrogen and oxygen atoms in total. The molecule has 1 N–H and O–H groups in total. The fourth-order valence-corrected chi connectivity index (χ4v) is 2.38. The molecule has 1 heterocycles. The normalized spacial score (nSPS) is 19.4. The van der Waals surface area contributed by atoms with E-state index < -0.39 is 0 Å². The Labute approximate surface area is 103 Å². The van der Waals surface area contributed by atoms with Crippen molar-refractivity contribution in [2.45, 2.75) is 32.1 Å². The van der Waals surface area contributed by atoms with Crippen molar-refractivity contribution in [3.63, 3.8) is 0 Å². The van der Waals surface area contributed by atoms with Crippen molar-refractivity contribution in [3.05, 3.63) is 35.9 Å². The Bertz CT molecular complexity index is 341. The summed E-state index contributed by atoms with van der Waals surface area (Å²) in [6, 6.07) is 10.3. The van der Waals surface area contributed by atoms with Crippen molar-refractivity contribution in [2.75, 3.05) is 13.1 Å². The van der Waals surface area contributed by atoms with Crippen LogP contribution in [-0.4, -0.2) is 18.9 Å². The molecule has 1 saturated heterocycles. The summed E-state index contributed by atoms with van der Waals surface area (Å²) in [4.78, 5) is 11.8. The van der Waals surface area contributed by atoms with E-state index >= 15 is 0 Å². The van der Waals surface area contributed by atoms with Gasteiger partial charge in [0.2, 0.25) is 0 Å². The average molecular weight is 231 g/mol. The number of Topliss-reactive ketones (excluding diaryl/α,β-unsaturated/α-hetero) is 1. The monoisotopic (exact) mass is 231 g/mol. The van der Waals surface area contributed by atoms with Gasteiger partial charge < -0.3 is 5.32 Å². The number of carbonyl (C=O) groups is 1. The Hall–Kier alpha value is -1.15. The molecule has 0 aliphatic carbocycles. The molecule has 0 aromatic heterocycles. The third kappa shape index (κ3) is 4.31. The second-order valence-corrected chi connectivity index (χ2v) is 4.92. The average Bonchev–Trinajstić information content (AvgIpc) is 2.88. The maximum absolute atomic E-state index is 11.8. The summed E-state index contributed by atoms with van der Waals surface area (Å²) in [5.74, 6) is 1.15. The summed E-state index contributed by atoms with van der Waals surface area (Å²) in [6.45, 7) is 2.23. The molecule has 0 bridgehead atoms. The topological polar surface area (TPSA) is 29.1 Å². The van der Waals surface area contributed by atoms with Crippen molar-refractivity contribution in [1.29, 1.82) is 0 Å². The van der Waals surface area contributed by atoms with E-state index in [0.29, 0.717) is 12.2 Å². The third-order valence-corrected chi connectivity index (χ3v) is 3.53. The van der Waals surface area contributed by atoms with Gasteiger partial charge in [-0.1, -0.05) is 30.3 Å². The fourth-order valence-electron chi connectivity index (χ4n) is 2.38. The molecule has 1 aromatic rings. The molecule has 92 valence electrons. The molecule has 1 aromatic carbocycles. The molecule has 2 rings (SSSR count). The summed E-state index contributed by atoms with van der Waals surface area (Å²) in [5.41, 5.74) is 1.27. The first kappa shape index (κ1) is 12.3. The van der Waals surface area contributed by atoms with Gasteiger partial charge in [0.1, 0.15) is 5.78 Å². The Kier molecular flexibility index (Phi) is 4.75. The van der Waals surface area contributed by atoms with E-state index in [1.807, 2.05) is 18.2 Å². The van der Waals surface area contributed by atoms with Gasteiger partial charge in [-0.25, -0.2) is 0 Å². The minimum atomic E-state index is 0.417. The zero-order chi connectivity index (χ0) is 11.9. The largest absolute Gasteiger partial charge is 0.316 e. The highest BCUT2D eigenvalue weighted by molar-refractivity contribution is 5.78. The number of benzene rings is 1. The molecular weight excluding hydrogens is 210 g/mol. The van der Waals surface area contributed by atoms with Gasteiger partial charge in [-0.3, -0.25) is 4.79 Å². The summed E-state index contributed by atoms with van der Waals surface area (Å²) >= 11 is 0. The predicted octanol–water partition coefficient (Wildman–Crippen LogP) is 2.58. The van der Waals surface area contributed by atoms with E-state index in [0.717, 1.165) is 38.3 Å². The molecule has 1 unspecified atom stereocenters. The third-order valence-electron chi connectivity index (χ3n) is 3.53. The van der Waals surface area contributed by atoms with Crippen molar-refractivity contribution in [3.8, 4) is 0 Å². The molecule has 0 spiro atoms. The van der Waals surface area contributed by atoms with Crippen molar-refractivity contribution in [1.82, 2.24) is 5.32 Å². The molecular formula is C15H21NO. The Balaban J connectivity index is 1.64. The summed E-state index contributed by atoms with van der Waals surface area (Å²) in [5, 5.41) is 3.34. The van der Waals surface area contributed by atoms with Crippen molar-refractivity contribution >= 4 is 5.78 Å².